The zero-order valence-electron chi connectivity index (χ0n) is 9.11. The molecule has 0 bridgehead atoms. The summed E-state index contributed by atoms with van der Waals surface area (Å²) >= 11 is 4.53. The molecule has 2 rings (SSSR count). The molecule has 0 amide bonds. The van der Waals surface area contributed by atoms with E-state index in [1.807, 2.05) is 19.1 Å². The Balaban J connectivity index is 2.21. The van der Waals surface area contributed by atoms with Crippen LogP contribution in [0.4, 0.5) is 10.8 Å². The summed E-state index contributed by atoms with van der Waals surface area (Å²) in [5, 5.41) is 4.19. The molecule has 1 N–H and O–H groups in total. The van der Waals surface area contributed by atoms with Gasteiger partial charge in [-0.3, -0.25) is 9.78 Å². The van der Waals surface area contributed by atoms with E-state index >= 15 is 0 Å². The molecule has 0 aliphatic heterocycles. The van der Waals surface area contributed by atoms with Gasteiger partial charge in [0.05, 0.1) is 15.9 Å². The number of nitrogens with zero attached hydrogens (tertiary/aromatic N) is 2. The molecule has 0 fully saturated rings. The Hall–Kier alpha value is -1.27. The van der Waals surface area contributed by atoms with Crippen LogP contribution in [0.3, 0.4) is 0 Å². The normalized spacial score (nSPS) is 10.2. The number of aromatic nitrogens is 2. The maximum Gasteiger partial charge on any atom is 0.188 e. The maximum atomic E-state index is 11.6. The minimum Gasteiger partial charge on any atom is -0.331 e. The minimum absolute atomic E-state index is 0.0581. The molecular formula is C11H10BrN3OS. The van der Waals surface area contributed by atoms with Crippen molar-refractivity contribution >= 4 is 43.9 Å². The van der Waals surface area contributed by atoms with Crippen molar-refractivity contribution in [1.29, 1.82) is 0 Å². The summed E-state index contributed by atoms with van der Waals surface area (Å²) in [5.74, 6) is 0.0581. The first-order valence-corrected chi connectivity index (χ1v) is 6.88. The van der Waals surface area contributed by atoms with Crippen LogP contribution in [0.15, 0.2) is 24.5 Å². The van der Waals surface area contributed by atoms with E-state index in [4.69, 9.17) is 0 Å². The minimum atomic E-state index is 0.0581. The van der Waals surface area contributed by atoms with Crippen LogP contribution >= 0.6 is 27.3 Å². The predicted octanol–water partition coefficient (Wildman–Crippen LogP) is 3.17. The van der Waals surface area contributed by atoms with Crippen molar-refractivity contribution in [3.8, 4) is 0 Å². The monoisotopic (exact) mass is 311 g/mol. The first kappa shape index (κ1) is 12.2. The van der Waals surface area contributed by atoms with Crippen molar-refractivity contribution in [2.45, 2.75) is 6.92 Å². The van der Waals surface area contributed by atoms with Gasteiger partial charge < -0.3 is 5.32 Å². The quantitative estimate of drug-likeness (QED) is 0.696. The molecule has 0 saturated heterocycles. The van der Waals surface area contributed by atoms with Gasteiger partial charge in [-0.05, 0) is 19.1 Å². The predicted molar refractivity (Wildman–Crippen MR) is 72.5 cm³/mol. The summed E-state index contributed by atoms with van der Waals surface area (Å²) in [6.07, 6.45) is 3.40. The molecule has 0 atom stereocenters. The summed E-state index contributed by atoms with van der Waals surface area (Å²) in [6, 6.07) is 3.70. The number of carbonyl (C=O) groups excluding carboxylic acids is 1. The van der Waals surface area contributed by atoms with Crippen molar-refractivity contribution in [2.24, 2.45) is 0 Å². The van der Waals surface area contributed by atoms with E-state index < -0.39 is 0 Å². The third kappa shape index (κ3) is 2.89. The number of ketones is 1. The third-order valence-corrected chi connectivity index (χ3v) is 3.73. The van der Waals surface area contributed by atoms with Gasteiger partial charge in [0.1, 0.15) is 0 Å². The second-order valence-corrected chi connectivity index (χ2v) is 4.91. The molecular weight excluding hydrogens is 302 g/mol. The van der Waals surface area contributed by atoms with Crippen molar-refractivity contribution in [2.75, 3.05) is 10.6 Å². The fourth-order valence-corrected chi connectivity index (χ4v) is 2.72. The molecule has 0 saturated carbocycles. The standard InChI is InChI=1S/C11H10BrN3OS/c1-7-10(9(16)6-12)17-11(14-7)15-8-2-4-13-5-3-8/h2-5H,6H2,1H3,(H,13,14,15). The first-order chi connectivity index (χ1) is 8.20. The second-order valence-electron chi connectivity index (χ2n) is 3.35. The lowest BCUT2D eigenvalue weighted by molar-refractivity contribution is 0.102. The third-order valence-electron chi connectivity index (χ3n) is 2.10. The van der Waals surface area contributed by atoms with Crippen LogP contribution in [-0.2, 0) is 0 Å². The SMILES string of the molecule is Cc1nc(Nc2ccncc2)sc1C(=O)CBr. The van der Waals surface area contributed by atoms with Crippen LogP contribution in [0.25, 0.3) is 0 Å². The fourth-order valence-electron chi connectivity index (χ4n) is 1.33. The van der Waals surface area contributed by atoms with Crippen LogP contribution in [0, 0.1) is 6.92 Å². The average molecular weight is 312 g/mol. The molecule has 2 aromatic heterocycles. The summed E-state index contributed by atoms with van der Waals surface area (Å²) in [5.41, 5.74) is 1.67. The van der Waals surface area contributed by atoms with Gasteiger partial charge in [-0.15, -0.1) is 0 Å². The smallest absolute Gasteiger partial charge is 0.188 e. The molecule has 17 heavy (non-hydrogen) atoms. The van der Waals surface area contributed by atoms with Crippen LogP contribution in [0.1, 0.15) is 15.4 Å². The van der Waals surface area contributed by atoms with E-state index in [2.05, 4.69) is 31.2 Å². The number of hydrogen-bond donors (Lipinski definition) is 1. The molecule has 0 radical (unpaired) electrons. The number of aryl methyl sites for hydroxylation is 1. The summed E-state index contributed by atoms with van der Waals surface area (Å²) in [4.78, 5) is 20.5. The zero-order valence-corrected chi connectivity index (χ0v) is 11.5. The van der Waals surface area contributed by atoms with Gasteiger partial charge in [0.25, 0.3) is 0 Å². The van der Waals surface area contributed by atoms with Gasteiger partial charge in [0, 0.05) is 18.1 Å². The molecule has 88 valence electrons. The fraction of sp³-hybridized carbons (Fsp3) is 0.182. The van der Waals surface area contributed by atoms with Crippen LogP contribution < -0.4 is 5.32 Å². The number of carbonyl (C=O) groups is 1. The Labute approximate surface area is 111 Å². The maximum absolute atomic E-state index is 11.6. The summed E-state index contributed by atoms with van der Waals surface area (Å²) in [6.45, 7) is 1.84. The average Bonchev–Trinajstić information content (AvgIpc) is 2.70. The lowest BCUT2D eigenvalue weighted by Gasteiger charge is -1.99. The number of rotatable bonds is 4. The van der Waals surface area contributed by atoms with Crippen LogP contribution in [0.5, 0.6) is 0 Å². The molecule has 0 spiro atoms. The van der Waals surface area contributed by atoms with Gasteiger partial charge >= 0.3 is 0 Å². The molecule has 0 aromatic carbocycles. The summed E-state index contributed by atoms with van der Waals surface area (Å²) < 4.78 is 0. The Morgan fingerprint density at radius 2 is 2.18 bits per heavy atom. The number of halogens is 1. The van der Waals surface area contributed by atoms with Crippen molar-refractivity contribution < 1.29 is 4.79 Å². The van der Waals surface area contributed by atoms with Crippen molar-refractivity contribution in [3.05, 3.63) is 35.1 Å². The number of nitrogens with one attached hydrogen (secondary N) is 1. The Morgan fingerprint density at radius 3 is 2.82 bits per heavy atom. The Morgan fingerprint density at radius 1 is 1.47 bits per heavy atom. The molecule has 2 heterocycles. The van der Waals surface area contributed by atoms with E-state index in [0.29, 0.717) is 10.2 Å². The highest BCUT2D eigenvalue weighted by atomic mass is 79.9. The van der Waals surface area contributed by atoms with Gasteiger partial charge in [0.2, 0.25) is 0 Å². The lowest BCUT2D eigenvalue weighted by Crippen LogP contribution is -1.98. The van der Waals surface area contributed by atoms with Crippen molar-refractivity contribution in [3.63, 3.8) is 0 Å². The van der Waals surface area contributed by atoms with Gasteiger partial charge in [-0.25, -0.2) is 4.98 Å². The Kier molecular flexibility index (Phi) is 3.86. The number of hydrogen-bond acceptors (Lipinski definition) is 5. The van der Waals surface area contributed by atoms with Gasteiger partial charge in [-0.2, -0.15) is 0 Å². The van der Waals surface area contributed by atoms with Crippen LogP contribution in [0.2, 0.25) is 0 Å². The highest BCUT2D eigenvalue weighted by molar-refractivity contribution is 9.09. The molecule has 4 nitrogen and oxygen atoms in total. The largest absolute Gasteiger partial charge is 0.331 e. The molecule has 0 aliphatic carbocycles. The van der Waals surface area contributed by atoms with E-state index in [1.165, 1.54) is 11.3 Å². The van der Waals surface area contributed by atoms with E-state index in [-0.39, 0.29) is 5.78 Å². The number of thiazole rings is 1. The van der Waals surface area contributed by atoms with Gasteiger partial charge in [0.15, 0.2) is 10.9 Å². The van der Waals surface area contributed by atoms with Crippen molar-refractivity contribution in [1.82, 2.24) is 9.97 Å². The van der Waals surface area contributed by atoms with E-state index in [1.54, 1.807) is 12.4 Å². The highest BCUT2D eigenvalue weighted by Crippen LogP contribution is 2.26. The molecule has 0 aliphatic rings. The zero-order chi connectivity index (χ0) is 12.3. The molecule has 0 unspecified atom stereocenters. The number of anilines is 2. The van der Waals surface area contributed by atoms with Crippen LogP contribution in [-0.4, -0.2) is 21.1 Å². The second kappa shape index (κ2) is 5.37. The first-order valence-electron chi connectivity index (χ1n) is 4.94. The number of Topliss-reactive ketones (excluding diaryl/α,β-unsaturated/α-hetero) is 1. The topological polar surface area (TPSA) is 54.9 Å². The lowest BCUT2D eigenvalue weighted by atomic mass is 10.3. The molecule has 2 aromatic rings. The van der Waals surface area contributed by atoms with Gasteiger partial charge in [-0.1, -0.05) is 27.3 Å². The highest BCUT2D eigenvalue weighted by Gasteiger charge is 2.13. The number of pyridine rings is 1. The number of alkyl halides is 1. The summed E-state index contributed by atoms with van der Waals surface area (Å²) in [7, 11) is 0. The van der Waals surface area contributed by atoms with E-state index in [9.17, 15) is 4.79 Å². The Bertz CT molecular complexity index is 527. The molecule has 6 heteroatoms. The van der Waals surface area contributed by atoms with E-state index in [0.717, 1.165) is 16.5 Å².